The van der Waals surface area contributed by atoms with Gasteiger partial charge in [-0.1, -0.05) is 6.07 Å². The molecule has 3 aromatic rings. The summed E-state index contributed by atoms with van der Waals surface area (Å²) in [6.45, 7) is 2.19. The molecule has 7 nitrogen and oxygen atoms in total. The Morgan fingerprint density at radius 1 is 1.13 bits per heavy atom. The molecule has 0 spiro atoms. The molecule has 1 atom stereocenters. The lowest BCUT2D eigenvalue weighted by Crippen LogP contribution is -2.21. The van der Waals surface area contributed by atoms with E-state index in [4.69, 9.17) is 9.52 Å². The number of nitrogens with one attached hydrogen (secondary N) is 2. The van der Waals surface area contributed by atoms with Gasteiger partial charge in [0.1, 0.15) is 11.2 Å². The molecule has 1 unspecified atom stereocenters. The number of carbonyl (C=O) groups is 1. The van der Waals surface area contributed by atoms with Gasteiger partial charge in [-0.3, -0.25) is 4.79 Å². The second kappa shape index (κ2) is 9.26. The lowest BCUT2D eigenvalue weighted by atomic mass is 10.0. The molecule has 1 aliphatic rings. The van der Waals surface area contributed by atoms with E-state index in [9.17, 15) is 35.3 Å². The zero-order valence-electron chi connectivity index (χ0n) is 20.1. The van der Waals surface area contributed by atoms with Crippen LogP contribution in [0.2, 0.25) is 0 Å². The summed E-state index contributed by atoms with van der Waals surface area (Å²) in [7, 11) is -3.18. The van der Waals surface area contributed by atoms with Gasteiger partial charge in [0.25, 0.3) is 11.8 Å². The summed E-state index contributed by atoms with van der Waals surface area (Å²) in [5.74, 6) is -5.98. The SMILES string of the molecule is Cc1cc(C2(F)CC2)c(F)c(F)c1Oc1nnc(C(F)(F)F)c(C)c1C(=O)Nc1cccc(S(C)(=N)=O)c1. The number of aromatic nitrogens is 2. The second-order valence-corrected chi connectivity index (χ2v) is 11.1. The van der Waals surface area contributed by atoms with Crippen LogP contribution in [0.25, 0.3) is 0 Å². The van der Waals surface area contributed by atoms with Crippen LogP contribution in [-0.2, 0) is 21.6 Å². The number of hydrogen-bond donors (Lipinski definition) is 2. The van der Waals surface area contributed by atoms with E-state index in [2.05, 4.69) is 15.5 Å². The predicted octanol–water partition coefficient (Wildman–Crippen LogP) is 6.43. The minimum atomic E-state index is -5.02. The number of halogens is 6. The van der Waals surface area contributed by atoms with E-state index < -0.39 is 73.1 Å². The van der Waals surface area contributed by atoms with E-state index in [-0.39, 0.29) is 29.0 Å². The van der Waals surface area contributed by atoms with E-state index in [1.165, 1.54) is 31.2 Å². The van der Waals surface area contributed by atoms with Gasteiger partial charge in [0, 0.05) is 22.4 Å². The van der Waals surface area contributed by atoms with Crippen molar-refractivity contribution in [1.29, 1.82) is 4.78 Å². The zero-order chi connectivity index (χ0) is 28.2. The topological polar surface area (TPSA) is 105 Å². The van der Waals surface area contributed by atoms with Gasteiger partial charge in [-0.15, -0.1) is 10.2 Å². The van der Waals surface area contributed by atoms with Gasteiger partial charge in [-0.2, -0.15) is 17.6 Å². The van der Waals surface area contributed by atoms with Crippen LogP contribution in [0.15, 0.2) is 35.2 Å². The molecule has 0 saturated heterocycles. The summed E-state index contributed by atoms with van der Waals surface area (Å²) < 4.78 is 110. The number of alkyl halides is 4. The monoisotopic (exact) mass is 558 g/mol. The second-order valence-electron chi connectivity index (χ2n) is 8.94. The summed E-state index contributed by atoms with van der Waals surface area (Å²) in [5.41, 5.74) is -5.64. The molecule has 1 aromatic heterocycles. The summed E-state index contributed by atoms with van der Waals surface area (Å²) in [6, 6.07) is 6.31. The van der Waals surface area contributed by atoms with Crippen molar-refractivity contribution in [2.24, 2.45) is 0 Å². The molecule has 1 saturated carbocycles. The van der Waals surface area contributed by atoms with Crippen molar-refractivity contribution in [2.75, 3.05) is 11.6 Å². The maximum atomic E-state index is 14.9. The first kappa shape index (κ1) is 27.4. The summed E-state index contributed by atoms with van der Waals surface area (Å²) in [5, 5.41) is 8.71. The molecule has 202 valence electrons. The fourth-order valence-corrected chi connectivity index (χ4v) is 4.47. The highest BCUT2D eigenvalue weighted by Crippen LogP contribution is 2.52. The Kier molecular flexibility index (Phi) is 6.66. The molecule has 14 heteroatoms. The van der Waals surface area contributed by atoms with Crippen LogP contribution in [0.4, 0.5) is 32.0 Å². The van der Waals surface area contributed by atoms with Crippen molar-refractivity contribution in [2.45, 2.75) is 43.4 Å². The normalized spacial score (nSPS) is 16.0. The Morgan fingerprint density at radius 3 is 2.37 bits per heavy atom. The lowest BCUT2D eigenvalue weighted by Gasteiger charge is -2.18. The largest absolute Gasteiger partial charge is 0.435 e. The van der Waals surface area contributed by atoms with Crippen molar-refractivity contribution >= 4 is 21.3 Å². The van der Waals surface area contributed by atoms with E-state index in [0.717, 1.165) is 19.2 Å². The Hall–Kier alpha value is -3.68. The number of carbonyl (C=O) groups excluding carboxylic acids is 1. The van der Waals surface area contributed by atoms with E-state index in [1.807, 2.05) is 0 Å². The first-order valence-corrected chi connectivity index (χ1v) is 12.9. The number of aryl methyl sites for hydroxylation is 1. The lowest BCUT2D eigenvalue weighted by molar-refractivity contribution is -0.142. The maximum Gasteiger partial charge on any atom is 0.435 e. The standard InChI is InChI=1S/C24H20F6N4O3S/c1-11-9-15(23(27)7-8-23)17(25)18(26)19(11)37-22-16(12(2)20(33-34-22)24(28,29)30)21(35)32-13-5-4-6-14(10-13)38(3,31)36/h4-6,9-10,31H,7-8H2,1-3H3,(H,32,35). The van der Waals surface area contributed by atoms with Crippen LogP contribution in [0.3, 0.4) is 0 Å². The van der Waals surface area contributed by atoms with Crippen molar-refractivity contribution in [1.82, 2.24) is 10.2 Å². The van der Waals surface area contributed by atoms with Crippen LogP contribution < -0.4 is 10.1 Å². The smallest absolute Gasteiger partial charge is 0.433 e. The highest BCUT2D eigenvalue weighted by molar-refractivity contribution is 7.91. The Balaban J connectivity index is 1.80. The fourth-order valence-electron chi connectivity index (χ4n) is 3.78. The zero-order valence-corrected chi connectivity index (χ0v) is 20.9. The highest BCUT2D eigenvalue weighted by Gasteiger charge is 2.48. The molecule has 0 bridgehead atoms. The average Bonchev–Trinajstić information content (AvgIpc) is 3.56. The molecule has 1 aliphatic carbocycles. The maximum absolute atomic E-state index is 14.9. The van der Waals surface area contributed by atoms with Gasteiger partial charge >= 0.3 is 6.18 Å². The number of anilines is 1. The van der Waals surface area contributed by atoms with Gasteiger partial charge in [-0.25, -0.2) is 17.8 Å². The molecular weight excluding hydrogens is 538 g/mol. The molecule has 1 fully saturated rings. The number of benzene rings is 2. The first-order valence-electron chi connectivity index (χ1n) is 11.0. The van der Waals surface area contributed by atoms with Gasteiger partial charge in [0.15, 0.2) is 17.3 Å². The molecule has 0 radical (unpaired) electrons. The fraction of sp³-hybridized carbons (Fsp3) is 0.292. The van der Waals surface area contributed by atoms with Crippen molar-refractivity contribution in [3.63, 3.8) is 0 Å². The van der Waals surface area contributed by atoms with Gasteiger partial charge in [-0.05, 0) is 62.1 Å². The van der Waals surface area contributed by atoms with Crippen molar-refractivity contribution in [3.05, 3.63) is 69.9 Å². The Bertz CT molecular complexity index is 1570. The Morgan fingerprint density at radius 2 is 1.79 bits per heavy atom. The van der Waals surface area contributed by atoms with Gasteiger partial charge in [0.2, 0.25) is 5.82 Å². The number of hydrogen-bond acceptors (Lipinski definition) is 6. The first-order chi connectivity index (χ1) is 17.5. The quantitative estimate of drug-likeness (QED) is 0.340. The highest BCUT2D eigenvalue weighted by atomic mass is 32.2. The number of ether oxygens (including phenoxy) is 1. The molecule has 0 aliphatic heterocycles. The summed E-state index contributed by atoms with van der Waals surface area (Å²) in [4.78, 5) is 13.2. The van der Waals surface area contributed by atoms with E-state index >= 15 is 0 Å². The van der Waals surface area contributed by atoms with Crippen LogP contribution in [0, 0.1) is 30.3 Å². The minimum absolute atomic E-state index is 0.00526. The summed E-state index contributed by atoms with van der Waals surface area (Å²) in [6.07, 6.45) is -3.86. The third-order valence-electron chi connectivity index (χ3n) is 5.94. The van der Waals surface area contributed by atoms with Gasteiger partial charge in [0.05, 0.1) is 9.73 Å². The molecule has 2 aromatic carbocycles. The average molecular weight is 559 g/mol. The van der Waals surface area contributed by atoms with Crippen molar-refractivity contribution < 1.29 is 40.1 Å². The van der Waals surface area contributed by atoms with Crippen LogP contribution >= 0.6 is 0 Å². The minimum Gasteiger partial charge on any atom is -0.433 e. The molecule has 1 heterocycles. The van der Waals surface area contributed by atoms with Crippen LogP contribution in [0.1, 0.15) is 45.6 Å². The van der Waals surface area contributed by atoms with Crippen LogP contribution in [0.5, 0.6) is 11.6 Å². The third-order valence-corrected chi connectivity index (χ3v) is 7.09. The molecule has 4 rings (SSSR count). The summed E-state index contributed by atoms with van der Waals surface area (Å²) >= 11 is 0. The van der Waals surface area contributed by atoms with E-state index in [1.54, 1.807) is 0 Å². The molecule has 38 heavy (non-hydrogen) atoms. The van der Waals surface area contributed by atoms with Crippen LogP contribution in [-0.4, -0.2) is 26.6 Å². The predicted molar refractivity (Wildman–Crippen MR) is 124 cm³/mol. The third kappa shape index (κ3) is 5.17. The van der Waals surface area contributed by atoms with E-state index in [0.29, 0.717) is 0 Å². The number of rotatable bonds is 6. The van der Waals surface area contributed by atoms with Crippen molar-refractivity contribution in [3.8, 4) is 11.6 Å². The number of nitrogens with zero attached hydrogens (tertiary/aromatic N) is 2. The Labute approximate surface area is 213 Å². The molecule has 2 N–H and O–H groups in total. The van der Waals surface area contributed by atoms with Gasteiger partial charge < -0.3 is 10.1 Å². The molecular formula is C24H20F6N4O3S. The number of amides is 1. The molecule has 1 amide bonds.